The molecule has 0 atom stereocenters. The SMILES string of the molecule is O=C=Nc1ccc(Cl)cc1SC(F)F. The van der Waals surface area contributed by atoms with E-state index >= 15 is 0 Å². The smallest absolute Gasteiger partial charge is 0.211 e. The lowest BCUT2D eigenvalue weighted by Crippen LogP contribution is -1.82. The molecule has 0 aliphatic carbocycles. The number of carbonyl (C=O) groups excluding carboxylic acids is 1. The van der Waals surface area contributed by atoms with Gasteiger partial charge in [-0.15, -0.1) is 0 Å². The number of alkyl halides is 2. The summed E-state index contributed by atoms with van der Waals surface area (Å²) in [6.45, 7) is 0. The Balaban J connectivity index is 3.08. The van der Waals surface area contributed by atoms with Crippen LogP contribution in [-0.2, 0) is 4.79 Å². The molecule has 0 fully saturated rings. The molecule has 0 saturated carbocycles. The van der Waals surface area contributed by atoms with Crippen molar-refractivity contribution in [3.05, 3.63) is 23.2 Å². The molecule has 0 N–H and O–H groups in total. The summed E-state index contributed by atoms with van der Waals surface area (Å²) in [5, 5.41) is 0.318. The number of aliphatic imine (C=N–C) groups is 1. The maximum Gasteiger partial charge on any atom is 0.288 e. The molecule has 2 nitrogen and oxygen atoms in total. The van der Waals surface area contributed by atoms with E-state index in [0.717, 1.165) is 0 Å². The molecule has 0 radical (unpaired) electrons. The standard InChI is InChI=1S/C8H4ClF2NOS/c9-5-1-2-6(12-4-13)7(3-5)14-8(10)11/h1-3,8H. The highest BCUT2D eigenvalue weighted by atomic mass is 35.5. The second-order valence-electron chi connectivity index (χ2n) is 2.19. The largest absolute Gasteiger partial charge is 0.288 e. The van der Waals surface area contributed by atoms with Crippen LogP contribution >= 0.6 is 23.4 Å². The number of nitrogens with zero attached hydrogens (tertiary/aromatic N) is 1. The summed E-state index contributed by atoms with van der Waals surface area (Å²) < 4.78 is 24.1. The fourth-order valence-electron chi connectivity index (χ4n) is 0.820. The molecule has 1 rings (SSSR count). The minimum absolute atomic E-state index is 0.148. The van der Waals surface area contributed by atoms with E-state index < -0.39 is 5.76 Å². The Kier molecular flexibility index (Phi) is 4.07. The molecule has 0 aliphatic rings. The first-order valence-corrected chi connectivity index (χ1v) is 4.71. The van der Waals surface area contributed by atoms with E-state index in [2.05, 4.69) is 4.99 Å². The number of hydrogen-bond acceptors (Lipinski definition) is 3. The minimum atomic E-state index is -2.57. The van der Waals surface area contributed by atoms with Gasteiger partial charge in [0.1, 0.15) is 0 Å². The zero-order chi connectivity index (χ0) is 10.6. The number of hydrogen-bond donors (Lipinski definition) is 0. The van der Waals surface area contributed by atoms with Crippen LogP contribution in [0.1, 0.15) is 0 Å². The Hall–Kier alpha value is -0.900. The molecule has 0 aliphatic heterocycles. The van der Waals surface area contributed by atoms with Crippen LogP contribution in [0.4, 0.5) is 14.5 Å². The fraction of sp³-hybridized carbons (Fsp3) is 0.125. The maximum atomic E-state index is 12.1. The minimum Gasteiger partial charge on any atom is -0.211 e. The van der Waals surface area contributed by atoms with Gasteiger partial charge >= 0.3 is 0 Å². The Morgan fingerprint density at radius 2 is 2.21 bits per heavy atom. The second kappa shape index (κ2) is 5.10. The van der Waals surface area contributed by atoms with Gasteiger partial charge in [0.25, 0.3) is 5.76 Å². The van der Waals surface area contributed by atoms with Crippen molar-refractivity contribution in [1.82, 2.24) is 0 Å². The van der Waals surface area contributed by atoms with Gasteiger partial charge in [-0.1, -0.05) is 23.4 Å². The molecule has 0 spiro atoms. The third kappa shape index (κ3) is 3.10. The first-order valence-electron chi connectivity index (χ1n) is 3.45. The van der Waals surface area contributed by atoms with Crippen LogP contribution in [0.2, 0.25) is 5.02 Å². The number of thioether (sulfide) groups is 1. The number of halogens is 3. The number of benzene rings is 1. The predicted octanol–water partition coefficient (Wildman–Crippen LogP) is 3.62. The van der Waals surface area contributed by atoms with E-state index in [0.29, 0.717) is 5.02 Å². The van der Waals surface area contributed by atoms with Gasteiger partial charge in [-0.2, -0.15) is 13.8 Å². The summed E-state index contributed by atoms with van der Waals surface area (Å²) in [6.07, 6.45) is 1.29. The lowest BCUT2D eigenvalue weighted by Gasteiger charge is -2.03. The lowest BCUT2D eigenvalue weighted by atomic mass is 10.3. The molecule has 0 heterocycles. The monoisotopic (exact) mass is 235 g/mol. The molecule has 1 aromatic rings. The zero-order valence-corrected chi connectivity index (χ0v) is 8.28. The van der Waals surface area contributed by atoms with E-state index in [9.17, 15) is 13.6 Å². The quantitative estimate of drug-likeness (QED) is 0.455. The van der Waals surface area contributed by atoms with Crippen molar-refractivity contribution in [2.75, 3.05) is 0 Å². The van der Waals surface area contributed by atoms with Crippen molar-refractivity contribution >= 4 is 35.1 Å². The Morgan fingerprint density at radius 3 is 2.79 bits per heavy atom. The summed E-state index contributed by atoms with van der Waals surface area (Å²) in [4.78, 5) is 13.4. The molecule has 0 amide bonds. The fourth-order valence-corrected chi connectivity index (χ4v) is 1.68. The van der Waals surface area contributed by atoms with Gasteiger partial charge in [0.05, 0.1) is 5.69 Å². The lowest BCUT2D eigenvalue weighted by molar-refractivity contribution is 0.252. The van der Waals surface area contributed by atoms with Crippen LogP contribution in [0.5, 0.6) is 0 Å². The molecular weight excluding hydrogens is 232 g/mol. The van der Waals surface area contributed by atoms with Crippen LogP contribution in [0.15, 0.2) is 28.1 Å². The van der Waals surface area contributed by atoms with Gasteiger partial charge in [-0.3, -0.25) is 0 Å². The second-order valence-corrected chi connectivity index (χ2v) is 3.66. The topological polar surface area (TPSA) is 29.4 Å². The summed E-state index contributed by atoms with van der Waals surface area (Å²) in [6, 6.07) is 4.18. The van der Waals surface area contributed by atoms with Gasteiger partial charge in [-0.25, -0.2) is 4.79 Å². The van der Waals surface area contributed by atoms with Gasteiger partial charge in [0, 0.05) is 9.92 Å². The van der Waals surface area contributed by atoms with Crippen LogP contribution in [0.25, 0.3) is 0 Å². The van der Waals surface area contributed by atoms with Crippen molar-refractivity contribution in [3.8, 4) is 0 Å². The van der Waals surface area contributed by atoms with E-state index in [1.165, 1.54) is 24.3 Å². The van der Waals surface area contributed by atoms with E-state index in [4.69, 9.17) is 11.6 Å². The summed E-state index contributed by atoms with van der Waals surface area (Å²) in [7, 11) is 0. The molecule has 0 saturated heterocycles. The maximum absolute atomic E-state index is 12.1. The molecule has 1 aromatic carbocycles. The van der Waals surface area contributed by atoms with Gasteiger partial charge in [0.2, 0.25) is 6.08 Å². The Morgan fingerprint density at radius 1 is 1.50 bits per heavy atom. The zero-order valence-electron chi connectivity index (χ0n) is 6.71. The Bertz CT molecular complexity index is 380. The normalized spacial score (nSPS) is 10.0. The van der Waals surface area contributed by atoms with Crippen LogP contribution in [0, 0.1) is 0 Å². The van der Waals surface area contributed by atoms with Crippen molar-refractivity contribution in [3.63, 3.8) is 0 Å². The van der Waals surface area contributed by atoms with Crippen LogP contribution < -0.4 is 0 Å². The average Bonchev–Trinajstić information content (AvgIpc) is 2.09. The summed E-state index contributed by atoms with van der Waals surface area (Å²) in [5.41, 5.74) is 0.148. The molecule has 0 aromatic heterocycles. The highest BCUT2D eigenvalue weighted by Gasteiger charge is 2.10. The van der Waals surface area contributed by atoms with Crippen LogP contribution in [0.3, 0.4) is 0 Å². The first-order chi connectivity index (χ1) is 6.63. The van der Waals surface area contributed by atoms with Gasteiger partial charge < -0.3 is 0 Å². The van der Waals surface area contributed by atoms with Gasteiger partial charge in [-0.05, 0) is 18.2 Å². The molecule has 74 valence electrons. The van der Waals surface area contributed by atoms with Crippen molar-refractivity contribution < 1.29 is 13.6 Å². The molecule has 6 heteroatoms. The average molecular weight is 236 g/mol. The predicted molar refractivity (Wildman–Crippen MR) is 51.1 cm³/mol. The summed E-state index contributed by atoms with van der Waals surface area (Å²) >= 11 is 5.89. The third-order valence-corrected chi connectivity index (χ3v) is 2.30. The van der Waals surface area contributed by atoms with Crippen LogP contribution in [-0.4, -0.2) is 11.8 Å². The molecular formula is C8H4ClF2NOS. The first kappa shape index (κ1) is 11.2. The summed E-state index contributed by atoms with van der Waals surface area (Å²) in [5.74, 6) is -2.57. The van der Waals surface area contributed by atoms with Crippen molar-refractivity contribution in [2.24, 2.45) is 4.99 Å². The highest BCUT2D eigenvalue weighted by Crippen LogP contribution is 2.35. The number of isocyanates is 1. The third-order valence-electron chi connectivity index (χ3n) is 1.30. The van der Waals surface area contributed by atoms with E-state index in [1.54, 1.807) is 0 Å². The highest BCUT2D eigenvalue weighted by molar-refractivity contribution is 7.99. The van der Waals surface area contributed by atoms with Crippen molar-refractivity contribution in [2.45, 2.75) is 10.7 Å². The van der Waals surface area contributed by atoms with Gasteiger partial charge in [0.15, 0.2) is 0 Å². The van der Waals surface area contributed by atoms with E-state index in [1.807, 2.05) is 0 Å². The Labute approximate surface area is 88.0 Å². The molecule has 0 unspecified atom stereocenters. The number of rotatable bonds is 3. The molecule has 14 heavy (non-hydrogen) atoms. The van der Waals surface area contributed by atoms with E-state index in [-0.39, 0.29) is 22.3 Å². The molecule has 0 bridgehead atoms. The van der Waals surface area contributed by atoms with Crippen molar-refractivity contribution in [1.29, 1.82) is 0 Å².